The molecule has 0 saturated carbocycles. The van der Waals surface area contributed by atoms with Crippen molar-refractivity contribution in [2.45, 2.75) is 24.7 Å². The molecule has 2 aromatic carbocycles. The molecular weight excluding hydrogens is 580 g/mol. The number of hydrogen-bond acceptors (Lipinski definition) is 8. The van der Waals surface area contributed by atoms with Gasteiger partial charge in [-0.1, -0.05) is 18.2 Å². The molecule has 5 heterocycles. The van der Waals surface area contributed by atoms with E-state index in [1.807, 2.05) is 24.3 Å². The maximum atomic E-state index is 14.4. The van der Waals surface area contributed by atoms with E-state index in [2.05, 4.69) is 20.2 Å². The number of fused-ring (bicyclic) bond motifs is 3. The predicted octanol–water partition coefficient (Wildman–Crippen LogP) is 5.29. The molecule has 0 radical (unpaired) electrons. The normalized spacial score (nSPS) is 17.8. The first-order valence-electron chi connectivity index (χ1n) is 13.8. The number of methoxy groups -OCH3 is 1. The summed E-state index contributed by atoms with van der Waals surface area (Å²) in [5, 5.41) is 8.30. The molecule has 2 aliphatic heterocycles. The third-order valence-electron chi connectivity index (χ3n) is 7.94. The third-order valence-corrected chi connectivity index (χ3v) is 7.94. The number of hydrogen-bond donors (Lipinski definition) is 1. The Balaban J connectivity index is 1.43. The predicted molar refractivity (Wildman–Crippen MR) is 153 cm³/mol. The zero-order valence-electron chi connectivity index (χ0n) is 23.2. The van der Waals surface area contributed by atoms with Crippen LogP contribution in [0.4, 0.5) is 23.2 Å². The van der Waals surface area contributed by atoms with Gasteiger partial charge in [-0.05, 0) is 48.4 Å². The van der Waals surface area contributed by atoms with Gasteiger partial charge in [0.15, 0.2) is 17.2 Å². The number of aromatic nitrogens is 4. The van der Waals surface area contributed by atoms with E-state index in [0.717, 1.165) is 25.2 Å². The Hall–Kier alpha value is -5.04. The van der Waals surface area contributed by atoms with Crippen LogP contribution in [0.3, 0.4) is 0 Å². The number of carbonyl (C=O) groups excluding carboxylic acids is 1. The number of ether oxygens (including phenoxy) is 2. The van der Waals surface area contributed by atoms with Gasteiger partial charge in [-0.2, -0.15) is 23.3 Å². The molecule has 44 heavy (non-hydrogen) atoms. The van der Waals surface area contributed by atoms with E-state index in [4.69, 9.17) is 14.6 Å². The molecule has 0 aliphatic carbocycles. The summed E-state index contributed by atoms with van der Waals surface area (Å²) in [7, 11) is 1.32. The lowest BCUT2D eigenvalue weighted by molar-refractivity contribution is -0.189. The Bertz CT molecular complexity index is 1880. The molecule has 2 saturated heterocycles. The Morgan fingerprint density at radius 1 is 1.00 bits per heavy atom. The van der Waals surface area contributed by atoms with Crippen LogP contribution in [0.2, 0.25) is 0 Å². The number of esters is 1. The van der Waals surface area contributed by atoms with Gasteiger partial charge in [-0.25, -0.2) is 13.7 Å². The maximum absolute atomic E-state index is 14.4. The quantitative estimate of drug-likeness (QED) is 0.207. The van der Waals surface area contributed by atoms with Crippen LogP contribution < -0.4 is 19.7 Å². The zero-order chi connectivity index (χ0) is 30.6. The molecule has 224 valence electrons. The number of rotatable bonds is 6. The van der Waals surface area contributed by atoms with Gasteiger partial charge in [-0.15, -0.1) is 0 Å². The second kappa shape index (κ2) is 10.6. The van der Waals surface area contributed by atoms with Crippen molar-refractivity contribution in [1.82, 2.24) is 24.9 Å². The van der Waals surface area contributed by atoms with Crippen molar-refractivity contribution in [3.8, 4) is 45.3 Å². The van der Waals surface area contributed by atoms with E-state index >= 15 is 0 Å². The van der Waals surface area contributed by atoms with Crippen LogP contribution in [0, 0.1) is 5.82 Å². The minimum absolute atomic E-state index is 0.0520. The minimum Gasteiger partial charge on any atom is -0.494 e. The smallest absolute Gasteiger partial charge is 0.491 e. The van der Waals surface area contributed by atoms with Crippen LogP contribution in [-0.2, 0) is 4.79 Å². The molecule has 3 aromatic heterocycles. The van der Waals surface area contributed by atoms with Gasteiger partial charge in [0.25, 0.3) is 0 Å². The van der Waals surface area contributed by atoms with Crippen LogP contribution in [0.15, 0.2) is 73.1 Å². The van der Waals surface area contributed by atoms with E-state index in [1.54, 1.807) is 24.5 Å². The number of alkyl halides is 3. The topological polar surface area (TPSA) is 93.9 Å². The fourth-order valence-electron chi connectivity index (χ4n) is 5.90. The van der Waals surface area contributed by atoms with E-state index in [1.165, 1.54) is 35.9 Å². The van der Waals surface area contributed by atoms with Gasteiger partial charge < -0.3 is 19.7 Å². The molecule has 2 fully saturated rings. The summed E-state index contributed by atoms with van der Waals surface area (Å²) in [6, 6.07) is 17.2. The highest BCUT2D eigenvalue weighted by Crippen LogP contribution is 2.40. The molecular formula is C31H24F4N6O3. The number of nitrogens with one attached hydrogen (secondary N) is 1. The van der Waals surface area contributed by atoms with Crippen molar-refractivity contribution in [3.05, 3.63) is 78.9 Å². The summed E-state index contributed by atoms with van der Waals surface area (Å²) in [6.45, 7) is 1.80. The second-order valence-corrected chi connectivity index (χ2v) is 10.6. The van der Waals surface area contributed by atoms with Gasteiger partial charge in [-0.3, -0.25) is 4.98 Å². The molecule has 2 bridgehead atoms. The summed E-state index contributed by atoms with van der Waals surface area (Å²) in [5.74, 6) is -3.64. The number of pyridine rings is 1. The molecule has 0 amide bonds. The average molecular weight is 605 g/mol. The fraction of sp³-hybridized carbons (Fsp3) is 0.226. The van der Waals surface area contributed by atoms with Crippen molar-refractivity contribution in [2.24, 2.45) is 0 Å². The van der Waals surface area contributed by atoms with Crippen LogP contribution >= 0.6 is 0 Å². The highest BCUT2D eigenvalue weighted by molar-refractivity contribution is 5.92. The molecule has 9 nitrogen and oxygen atoms in total. The van der Waals surface area contributed by atoms with Crippen LogP contribution in [0.1, 0.15) is 6.42 Å². The van der Waals surface area contributed by atoms with Gasteiger partial charge in [0.05, 0.1) is 18.4 Å². The first-order chi connectivity index (χ1) is 21.2. The maximum Gasteiger partial charge on any atom is 0.491 e. The summed E-state index contributed by atoms with van der Waals surface area (Å²) in [5.41, 5.74) is 3.83. The lowest BCUT2D eigenvalue weighted by Crippen LogP contribution is -2.43. The van der Waals surface area contributed by atoms with Crippen LogP contribution in [-0.4, -0.2) is 64.0 Å². The second-order valence-electron chi connectivity index (χ2n) is 10.6. The van der Waals surface area contributed by atoms with Gasteiger partial charge in [0.1, 0.15) is 5.69 Å². The zero-order valence-corrected chi connectivity index (χ0v) is 23.2. The number of anilines is 1. The lowest BCUT2D eigenvalue weighted by atomic mass is 10.0. The monoisotopic (exact) mass is 604 g/mol. The van der Waals surface area contributed by atoms with Crippen molar-refractivity contribution in [2.75, 3.05) is 25.1 Å². The van der Waals surface area contributed by atoms with E-state index in [9.17, 15) is 22.4 Å². The Morgan fingerprint density at radius 3 is 2.41 bits per heavy atom. The first-order valence-corrected chi connectivity index (χ1v) is 13.8. The fourth-order valence-corrected chi connectivity index (χ4v) is 5.90. The van der Waals surface area contributed by atoms with Crippen molar-refractivity contribution >= 4 is 17.3 Å². The summed E-state index contributed by atoms with van der Waals surface area (Å²) >= 11 is 0. The Morgan fingerprint density at radius 2 is 1.75 bits per heavy atom. The number of halogens is 4. The average Bonchev–Trinajstić information content (AvgIpc) is 3.76. The Labute approximate surface area is 248 Å². The molecule has 1 N–H and O–H groups in total. The molecule has 7 rings (SSSR count). The number of carbonyl (C=O) groups is 1. The lowest BCUT2D eigenvalue weighted by Gasteiger charge is -2.29. The molecule has 13 heteroatoms. The molecule has 0 spiro atoms. The van der Waals surface area contributed by atoms with Gasteiger partial charge in [0.2, 0.25) is 5.88 Å². The molecule has 0 unspecified atom stereocenters. The summed E-state index contributed by atoms with van der Waals surface area (Å²) in [6.07, 6.45) is -1.03. The minimum atomic E-state index is -5.24. The number of benzene rings is 2. The SMILES string of the molecule is COc1cc(-c2c(-c3ccncc3)nn3c(-c4ccc(N5C[C@@H]6C[C@H]5CN6)cc4)cc(OC(=O)C(F)(F)F)nc23)ccc1F. The van der Waals surface area contributed by atoms with Gasteiger partial charge in [0, 0.05) is 60.4 Å². The summed E-state index contributed by atoms with van der Waals surface area (Å²) < 4.78 is 65.5. The van der Waals surface area contributed by atoms with Crippen LogP contribution in [0.25, 0.3) is 39.3 Å². The molecule has 2 atom stereocenters. The van der Waals surface area contributed by atoms with Crippen molar-refractivity contribution in [1.29, 1.82) is 0 Å². The van der Waals surface area contributed by atoms with E-state index < -0.39 is 23.8 Å². The third kappa shape index (κ3) is 4.88. The van der Waals surface area contributed by atoms with E-state index in [-0.39, 0.29) is 11.4 Å². The largest absolute Gasteiger partial charge is 0.494 e. The highest BCUT2D eigenvalue weighted by atomic mass is 19.4. The summed E-state index contributed by atoms with van der Waals surface area (Å²) in [4.78, 5) is 22.6. The first kappa shape index (κ1) is 27.8. The number of nitrogens with zero attached hydrogens (tertiary/aromatic N) is 5. The number of piperazine rings is 1. The highest BCUT2D eigenvalue weighted by Gasteiger charge is 2.42. The van der Waals surface area contributed by atoms with Crippen molar-refractivity contribution < 1.29 is 31.8 Å². The molecule has 2 aliphatic rings. The van der Waals surface area contributed by atoms with Crippen LogP contribution in [0.5, 0.6) is 11.6 Å². The standard InChI is InChI=1S/C31H24F4N6O3/c1-43-25-12-19(4-7-23(25)32)27-28(18-8-10-36-11-9-18)39-41-24(14-26(38-29(27)41)44-30(42)31(33,34)35)17-2-5-21(6-3-17)40-16-20-13-22(40)15-37-20/h2-12,14,20,22,37H,13,15-16H2,1H3/t20-,22-/m0/s1. The van der Waals surface area contributed by atoms with Crippen molar-refractivity contribution in [3.63, 3.8) is 0 Å². The van der Waals surface area contributed by atoms with E-state index in [0.29, 0.717) is 45.7 Å². The molecule has 5 aromatic rings. The Kier molecular flexibility index (Phi) is 6.69. The van der Waals surface area contributed by atoms with Gasteiger partial charge >= 0.3 is 12.1 Å².